The van der Waals surface area contributed by atoms with E-state index in [1.165, 1.54) is 18.4 Å². The zero-order valence-electron chi connectivity index (χ0n) is 22.1. The minimum absolute atomic E-state index is 0.00708. The van der Waals surface area contributed by atoms with Gasteiger partial charge in [0.1, 0.15) is 11.5 Å². The average molecular weight is 514 g/mol. The second-order valence-corrected chi connectivity index (χ2v) is 12.4. The van der Waals surface area contributed by atoms with E-state index in [1.54, 1.807) is 0 Å². The van der Waals surface area contributed by atoms with Crippen LogP contribution in [0.3, 0.4) is 0 Å². The van der Waals surface area contributed by atoms with Crippen molar-refractivity contribution < 1.29 is 19.2 Å². The third kappa shape index (κ3) is 6.59. The predicted octanol–water partition coefficient (Wildman–Crippen LogP) is 7.98. The quantitative estimate of drug-likeness (QED) is 0.293. The minimum atomic E-state index is -0.855. The van der Waals surface area contributed by atoms with Gasteiger partial charge in [-0.3, -0.25) is 9.59 Å². The van der Waals surface area contributed by atoms with E-state index in [2.05, 4.69) is 25.9 Å². The lowest BCUT2D eigenvalue weighted by Gasteiger charge is -2.39. The first-order valence-electron chi connectivity index (χ1n) is 13.5. The molecule has 0 unspecified atom stereocenters. The molecule has 0 amide bonds. The summed E-state index contributed by atoms with van der Waals surface area (Å²) in [5.74, 6) is 1.49. The molecule has 1 heterocycles. The maximum Gasteiger partial charge on any atom is 0.303 e. The topological polar surface area (TPSA) is 80.4 Å². The molecule has 1 N–H and O–H groups in total. The van der Waals surface area contributed by atoms with Crippen LogP contribution in [0.25, 0.3) is 0 Å². The highest BCUT2D eigenvalue weighted by Crippen LogP contribution is 2.53. The second kappa shape index (κ2) is 11.1. The number of benzene rings is 1. The van der Waals surface area contributed by atoms with Gasteiger partial charge in [-0.1, -0.05) is 56.1 Å². The predicted molar refractivity (Wildman–Crippen MR) is 142 cm³/mol. The Kier molecular flexibility index (Phi) is 8.28. The van der Waals surface area contributed by atoms with Crippen LogP contribution in [0.4, 0.5) is 0 Å². The van der Waals surface area contributed by atoms with Gasteiger partial charge in [0.05, 0.1) is 5.69 Å². The van der Waals surface area contributed by atoms with Crippen LogP contribution in [-0.4, -0.2) is 22.0 Å². The lowest BCUT2D eigenvalue weighted by atomic mass is 9.66. The molecular formula is C30H40ClNO4. The van der Waals surface area contributed by atoms with Crippen LogP contribution in [0.1, 0.15) is 124 Å². The highest BCUT2D eigenvalue weighted by Gasteiger charge is 2.42. The number of aromatic nitrogens is 1. The third-order valence-corrected chi connectivity index (χ3v) is 8.69. The van der Waals surface area contributed by atoms with Crippen molar-refractivity contribution in [2.75, 3.05) is 0 Å². The smallest absolute Gasteiger partial charge is 0.303 e. The van der Waals surface area contributed by atoms with Crippen molar-refractivity contribution in [3.8, 4) is 0 Å². The van der Waals surface area contributed by atoms with Crippen molar-refractivity contribution in [1.82, 2.24) is 5.16 Å². The van der Waals surface area contributed by atoms with Crippen molar-refractivity contribution >= 4 is 23.4 Å². The monoisotopic (exact) mass is 513 g/mol. The molecule has 0 saturated heterocycles. The van der Waals surface area contributed by atoms with Crippen LogP contribution in [0, 0.1) is 18.3 Å². The summed E-state index contributed by atoms with van der Waals surface area (Å²) >= 11 is 6.37. The maximum absolute atomic E-state index is 13.1. The number of Topliss-reactive ketones (excluding diaryl/α,β-unsaturated/α-hetero) is 1. The molecule has 2 aromatic rings. The average Bonchev–Trinajstić information content (AvgIpc) is 3.54. The highest BCUT2D eigenvalue weighted by atomic mass is 35.5. The number of carbonyl (C=O) groups is 2. The molecule has 0 spiro atoms. The Bertz CT molecular complexity index is 1090. The van der Waals surface area contributed by atoms with E-state index in [-0.39, 0.29) is 31.0 Å². The van der Waals surface area contributed by atoms with Gasteiger partial charge in [0.15, 0.2) is 0 Å². The summed E-state index contributed by atoms with van der Waals surface area (Å²) in [5, 5.41) is 14.5. The van der Waals surface area contributed by atoms with Crippen LogP contribution in [0.2, 0.25) is 5.02 Å². The molecule has 0 bridgehead atoms. The molecule has 2 fully saturated rings. The minimum Gasteiger partial charge on any atom is -0.481 e. The number of hydrogen-bond donors (Lipinski definition) is 1. The van der Waals surface area contributed by atoms with Crippen LogP contribution < -0.4 is 0 Å². The Morgan fingerprint density at radius 2 is 1.94 bits per heavy atom. The van der Waals surface area contributed by atoms with E-state index >= 15 is 0 Å². The van der Waals surface area contributed by atoms with E-state index in [4.69, 9.17) is 16.1 Å². The second-order valence-electron chi connectivity index (χ2n) is 12.0. The molecule has 36 heavy (non-hydrogen) atoms. The third-order valence-electron chi connectivity index (χ3n) is 8.34. The number of carbonyl (C=O) groups excluding carboxylic acids is 1. The summed E-state index contributed by atoms with van der Waals surface area (Å²) in [7, 11) is 0. The molecule has 4 rings (SSSR count). The number of carboxylic acids is 1. The van der Waals surface area contributed by atoms with Gasteiger partial charge < -0.3 is 9.63 Å². The molecule has 2 aliphatic rings. The van der Waals surface area contributed by atoms with Gasteiger partial charge in [-0.15, -0.1) is 0 Å². The number of nitrogens with zero attached hydrogens (tertiary/aromatic N) is 1. The van der Waals surface area contributed by atoms with Crippen LogP contribution in [0.15, 0.2) is 22.7 Å². The number of rotatable bonds is 13. The van der Waals surface area contributed by atoms with Gasteiger partial charge in [0.25, 0.3) is 0 Å². The Labute approximate surface area is 220 Å². The van der Waals surface area contributed by atoms with Crippen molar-refractivity contribution in [3.63, 3.8) is 0 Å². The summed E-state index contributed by atoms with van der Waals surface area (Å²) in [5.41, 5.74) is 4.24. The highest BCUT2D eigenvalue weighted by molar-refractivity contribution is 6.31. The van der Waals surface area contributed by atoms with E-state index in [0.717, 1.165) is 48.3 Å². The SMILES string of the molecule is CCC(C)(C)CC1CC(c2onc([C@@H](CCC(=O)O)CC(=O)Cc3ccc(C)cc3Cl)c2C2CC2)C1. The van der Waals surface area contributed by atoms with E-state index < -0.39 is 5.97 Å². The Hall–Kier alpha value is -2.14. The summed E-state index contributed by atoms with van der Waals surface area (Å²) < 4.78 is 6.00. The van der Waals surface area contributed by atoms with Crippen molar-refractivity contribution in [3.05, 3.63) is 51.4 Å². The molecule has 5 nitrogen and oxygen atoms in total. The fourth-order valence-electron chi connectivity index (χ4n) is 5.72. The van der Waals surface area contributed by atoms with Gasteiger partial charge in [-0.2, -0.15) is 0 Å². The molecule has 6 heteroatoms. The van der Waals surface area contributed by atoms with Crippen molar-refractivity contribution in [2.24, 2.45) is 11.3 Å². The maximum atomic E-state index is 13.1. The van der Waals surface area contributed by atoms with Crippen LogP contribution in [0.5, 0.6) is 0 Å². The van der Waals surface area contributed by atoms with Crippen molar-refractivity contribution in [2.45, 2.75) is 110 Å². The lowest BCUT2D eigenvalue weighted by molar-refractivity contribution is -0.137. The first kappa shape index (κ1) is 26.9. The number of hydrogen-bond acceptors (Lipinski definition) is 4. The number of carboxylic acid groups (broad SMARTS) is 1. The number of ketones is 1. The number of aryl methyl sites for hydroxylation is 1. The summed E-state index contributed by atoms with van der Waals surface area (Å²) in [4.78, 5) is 24.5. The molecule has 0 aliphatic heterocycles. The molecular weight excluding hydrogens is 474 g/mol. The molecule has 1 aromatic heterocycles. The lowest BCUT2D eigenvalue weighted by Crippen LogP contribution is -2.27. The van der Waals surface area contributed by atoms with Crippen LogP contribution in [-0.2, 0) is 16.0 Å². The Morgan fingerprint density at radius 1 is 1.22 bits per heavy atom. The van der Waals surface area contributed by atoms with Crippen molar-refractivity contribution in [1.29, 1.82) is 0 Å². The van der Waals surface area contributed by atoms with Gasteiger partial charge >= 0.3 is 5.97 Å². The first-order valence-corrected chi connectivity index (χ1v) is 13.9. The Balaban J connectivity index is 1.50. The van der Waals surface area contributed by atoms with Gasteiger partial charge in [0, 0.05) is 41.7 Å². The Morgan fingerprint density at radius 3 is 2.56 bits per heavy atom. The normalized spacial score (nSPS) is 20.7. The van der Waals surface area contributed by atoms with E-state index in [0.29, 0.717) is 34.6 Å². The molecule has 1 atom stereocenters. The number of aliphatic carboxylic acids is 1. The number of halogens is 1. The molecule has 1 aromatic carbocycles. The fourth-order valence-corrected chi connectivity index (χ4v) is 6.03. The van der Waals surface area contributed by atoms with E-state index in [9.17, 15) is 14.7 Å². The summed E-state index contributed by atoms with van der Waals surface area (Å²) in [6.45, 7) is 8.91. The largest absolute Gasteiger partial charge is 0.481 e. The molecule has 2 saturated carbocycles. The molecule has 196 valence electrons. The zero-order valence-corrected chi connectivity index (χ0v) is 22.9. The summed E-state index contributed by atoms with van der Waals surface area (Å²) in [6.07, 6.45) is 7.77. The fraction of sp³-hybridized carbons (Fsp3) is 0.633. The molecule has 0 radical (unpaired) electrons. The first-order chi connectivity index (χ1) is 17.1. The van der Waals surface area contributed by atoms with Gasteiger partial charge in [0.2, 0.25) is 0 Å². The zero-order chi connectivity index (χ0) is 26.0. The summed E-state index contributed by atoms with van der Waals surface area (Å²) in [6, 6.07) is 5.73. The molecule has 2 aliphatic carbocycles. The standard InChI is InChI=1S/C30H40ClNO4/c1-5-30(3,4)17-19-13-23(14-19)29-27(20-8-9-20)28(32-36-29)22(10-11-26(34)35)16-24(33)15-21-7-6-18(2)12-25(21)31/h6-7,12,19-20,22-23H,5,8-11,13-17H2,1-4H3,(H,34,35)/t19?,22-,23?/m0/s1. The van der Waals surface area contributed by atoms with Gasteiger partial charge in [-0.05, 0) is 79.9 Å². The van der Waals surface area contributed by atoms with E-state index in [1.807, 2.05) is 25.1 Å². The van der Waals surface area contributed by atoms with Crippen LogP contribution >= 0.6 is 11.6 Å². The van der Waals surface area contributed by atoms with Gasteiger partial charge in [-0.25, -0.2) is 0 Å².